The van der Waals surface area contributed by atoms with Crippen LogP contribution in [-0.2, 0) is 16.1 Å². The molecule has 2 rings (SSSR count). The van der Waals surface area contributed by atoms with Gasteiger partial charge in [0.25, 0.3) is 0 Å². The number of nitrogens with zero attached hydrogens (tertiary/aromatic N) is 2. The van der Waals surface area contributed by atoms with Crippen LogP contribution in [0, 0.1) is 13.8 Å². The fourth-order valence-electron chi connectivity index (χ4n) is 2.20. The maximum atomic E-state index is 11.8. The third-order valence-electron chi connectivity index (χ3n) is 3.19. The molecular weight excluding hydrogens is 244 g/mol. The molecule has 1 aromatic rings. The molecule has 106 valence electrons. The van der Waals surface area contributed by atoms with Crippen LogP contribution in [0.5, 0.6) is 0 Å². The molecule has 0 aliphatic carbocycles. The predicted molar refractivity (Wildman–Crippen MR) is 71.9 cm³/mol. The van der Waals surface area contributed by atoms with Gasteiger partial charge in [-0.2, -0.15) is 5.10 Å². The summed E-state index contributed by atoms with van der Waals surface area (Å²) >= 11 is 0. The van der Waals surface area contributed by atoms with Gasteiger partial charge in [-0.1, -0.05) is 0 Å². The van der Waals surface area contributed by atoms with Gasteiger partial charge >= 0.3 is 0 Å². The smallest absolute Gasteiger partial charge is 0.239 e. The summed E-state index contributed by atoms with van der Waals surface area (Å²) in [6.45, 7) is 7.40. The van der Waals surface area contributed by atoms with Gasteiger partial charge in [0.15, 0.2) is 0 Å². The van der Waals surface area contributed by atoms with Crippen molar-refractivity contribution in [1.82, 2.24) is 20.4 Å². The molecule has 0 saturated carbocycles. The molecule has 1 atom stereocenters. The molecule has 0 spiro atoms. The lowest BCUT2D eigenvalue weighted by Gasteiger charge is -2.22. The van der Waals surface area contributed by atoms with Crippen LogP contribution in [-0.4, -0.2) is 48.0 Å². The lowest BCUT2D eigenvalue weighted by Crippen LogP contribution is -2.51. The third kappa shape index (κ3) is 4.04. The summed E-state index contributed by atoms with van der Waals surface area (Å²) in [7, 11) is 0. The monoisotopic (exact) mass is 266 g/mol. The molecule has 1 aliphatic heterocycles. The Balaban J connectivity index is 1.66. The molecule has 19 heavy (non-hydrogen) atoms. The van der Waals surface area contributed by atoms with Crippen LogP contribution in [0.3, 0.4) is 0 Å². The highest BCUT2D eigenvalue weighted by atomic mass is 16.5. The Hall–Kier alpha value is -1.40. The Morgan fingerprint density at radius 2 is 2.47 bits per heavy atom. The van der Waals surface area contributed by atoms with Crippen LogP contribution in [0.15, 0.2) is 6.07 Å². The fraction of sp³-hybridized carbons (Fsp3) is 0.692. The topological polar surface area (TPSA) is 68.2 Å². The molecule has 6 nitrogen and oxygen atoms in total. The maximum Gasteiger partial charge on any atom is 0.239 e. The van der Waals surface area contributed by atoms with E-state index in [0.717, 1.165) is 30.9 Å². The normalized spacial score (nSPS) is 19.4. The zero-order valence-corrected chi connectivity index (χ0v) is 11.6. The van der Waals surface area contributed by atoms with E-state index >= 15 is 0 Å². The zero-order chi connectivity index (χ0) is 13.7. The van der Waals surface area contributed by atoms with E-state index < -0.39 is 0 Å². The zero-order valence-electron chi connectivity index (χ0n) is 11.6. The number of aromatic nitrogens is 2. The van der Waals surface area contributed by atoms with Crippen molar-refractivity contribution in [2.75, 3.05) is 26.3 Å². The number of carbonyl (C=O) groups excluding carboxylic acids is 1. The summed E-state index contributed by atoms with van der Waals surface area (Å²) in [6, 6.07) is 1.85. The first-order chi connectivity index (χ1) is 9.16. The lowest BCUT2D eigenvalue weighted by molar-refractivity contribution is -0.125. The molecule has 2 N–H and O–H groups in total. The van der Waals surface area contributed by atoms with Crippen molar-refractivity contribution in [2.24, 2.45) is 0 Å². The van der Waals surface area contributed by atoms with Crippen LogP contribution in [0.2, 0.25) is 0 Å². The van der Waals surface area contributed by atoms with Gasteiger partial charge in [0.2, 0.25) is 5.91 Å². The summed E-state index contributed by atoms with van der Waals surface area (Å²) < 4.78 is 7.24. The van der Waals surface area contributed by atoms with Gasteiger partial charge in [0, 0.05) is 25.3 Å². The third-order valence-corrected chi connectivity index (χ3v) is 3.19. The molecule has 2 heterocycles. The Morgan fingerprint density at radius 1 is 1.63 bits per heavy atom. The Bertz CT molecular complexity index is 424. The molecule has 0 bridgehead atoms. The first kappa shape index (κ1) is 14.0. The molecular formula is C13H22N4O2. The Morgan fingerprint density at radius 3 is 3.11 bits per heavy atom. The second-order valence-electron chi connectivity index (χ2n) is 4.88. The fourth-order valence-corrected chi connectivity index (χ4v) is 2.20. The van der Waals surface area contributed by atoms with Crippen molar-refractivity contribution in [2.45, 2.75) is 32.9 Å². The van der Waals surface area contributed by atoms with E-state index in [9.17, 15) is 4.79 Å². The van der Waals surface area contributed by atoms with E-state index in [1.165, 1.54) is 0 Å². The van der Waals surface area contributed by atoms with Crippen LogP contribution < -0.4 is 10.6 Å². The first-order valence-corrected chi connectivity index (χ1v) is 6.76. The molecule has 1 aromatic heterocycles. The van der Waals surface area contributed by atoms with E-state index in [1.54, 1.807) is 0 Å². The first-order valence-electron chi connectivity index (χ1n) is 6.76. The van der Waals surface area contributed by atoms with Crippen molar-refractivity contribution < 1.29 is 9.53 Å². The molecule has 1 saturated heterocycles. The average molecular weight is 266 g/mol. The quantitative estimate of drug-likeness (QED) is 0.736. The summed E-state index contributed by atoms with van der Waals surface area (Å²) in [5.74, 6) is 0.0214. The van der Waals surface area contributed by atoms with Gasteiger partial charge in [-0.05, 0) is 26.3 Å². The molecule has 1 aliphatic rings. The minimum absolute atomic E-state index is 0.0214. The van der Waals surface area contributed by atoms with Crippen LogP contribution in [0.1, 0.15) is 17.8 Å². The van der Waals surface area contributed by atoms with Crippen molar-refractivity contribution in [1.29, 1.82) is 0 Å². The van der Waals surface area contributed by atoms with Crippen molar-refractivity contribution in [3.8, 4) is 0 Å². The number of hydrogen-bond acceptors (Lipinski definition) is 4. The molecule has 6 heteroatoms. The number of nitrogens with one attached hydrogen (secondary N) is 2. The van der Waals surface area contributed by atoms with Crippen molar-refractivity contribution >= 4 is 5.91 Å². The summed E-state index contributed by atoms with van der Waals surface area (Å²) in [4.78, 5) is 11.8. The van der Waals surface area contributed by atoms with E-state index in [1.807, 2.05) is 18.5 Å². The second kappa shape index (κ2) is 6.68. The number of carbonyl (C=O) groups is 1. The van der Waals surface area contributed by atoms with E-state index in [-0.39, 0.29) is 11.9 Å². The number of hydrogen-bond donors (Lipinski definition) is 2. The van der Waals surface area contributed by atoms with E-state index in [2.05, 4.69) is 21.8 Å². The minimum atomic E-state index is -0.206. The van der Waals surface area contributed by atoms with E-state index in [4.69, 9.17) is 4.74 Å². The largest absolute Gasteiger partial charge is 0.378 e. The number of aryl methyl sites for hydroxylation is 3. The summed E-state index contributed by atoms with van der Waals surface area (Å²) in [5.41, 5.74) is 2.19. The van der Waals surface area contributed by atoms with Gasteiger partial charge in [0.1, 0.15) is 6.04 Å². The van der Waals surface area contributed by atoms with Crippen molar-refractivity contribution in [3.05, 3.63) is 17.5 Å². The lowest BCUT2D eigenvalue weighted by atomic mass is 10.2. The van der Waals surface area contributed by atoms with Crippen LogP contribution in [0.4, 0.5) is 0 Å². The van der Waals surface area contributed by atoms with Gasteiger partial charge in [-0.25, -0.2) is 0 Å². The maximum absolute atomic E-state index is 11.8. The van der Waals surface area contributed by atoms with E-state index in [0.29, 0.717) is 19.8 Å². The summed E-state index contributed by atoms with van der Waals surface area (Å²) in [5, 5.41) is 10.4. The molecule has 0 radical (unpaired) electrons. The number of amides is 1. The highest BCUT2D eigenvalue weighted by molar-refractivity contribution is 5.81. The summed E-state index contributed by atoms with van der Waals surface area (Å²) in [6.07, 6.45) is 0.876. The predicted octanol–water partition coefficient (Wildman–Crippen LogP) is -0.00536. The average Bonchev–Trinajstić information content (AvgIpc) is 2.74. The van der Waals surface area contributed by atoms with Crippen LogP contribution >= 0.6 is 0 Å². The highest BCUT2D eigenvalue weighted by Crippen LogP contribution is 2.02. The Labute approximate surface area is 113 Å². The SMILES string of the molecule is Cc1cc(C)n(CCCNC(=O)C2COCCN2)n1. The molecule has 0 aromatic carbocycles. The van der Waals surface area contributed by atoms with Gasteiger partial charge in [0.05, 0.1) is 18.9 Å². The highest BCUT2D eigenvalue weighted by Gasteiger charge is 2.20. The van der Waals surface area contributed by atoms with Gasteiger partial charge in [-0.3, -0.25) is 9.48 Å². The molecule has 1 fully saturated rings. The van der Waals surface area contributed by atoms with Gasteiger partial charge < -0.3 is 15.4 Å². The molecule has 1 amide bonds. The standard InChI is InChI=1S/C13H22N4O2/c1-10-8-11(2)17(16-10)6-3-4-15-13(18)12-9-19-7-5-14-12/h8,12,14H,3-7,9H2,1-2H3,(H,15,18). The van der Waals surface area contributed by atoms with Crippen molar-refractivity contribution in [3.63, 3.8) is 0 Å². The number of rotatable bonds is 5. The van der Waals surface area contributed by atoms with Crippen LogP contribution in [0.25, 0.3) is 0 Å². The Kier molecular flexibility index (Phi) is 4.93. The minimum Gasteiger partial charge on any atom is -0.378 e. The molecule has 1 unspecified atom stereocenters. The number of ether oxygens (including phenoxy) is 1. The van der Waals surface area contributed by atoms with Gasteiger partial charge in [-0.15, -0.1) is 0 Å². The second-order valence-corrected chi connectivity index (χ2v) is 4.88. The number of morpholine rings is 1.